The molecular weight excluding hydrogens is 216 g/mol. The first kappa shape index (κ1) is 14.5. The van der Waals surface area contributed by atoms with Gasteiger partial charge >= 0.3 is 0 Å². The van der Waals surface area contributed by atoms with Gasteiger partial charge in [-0.1, -0.05) is 20.8 Å². The fourth-order valence-electron chi connectivity index (χ4n) is 2.35. The Labute approximate surface area is 104 Å². The molecule has 4 nitrogen and oxygen atoms in total. The summed E-state index contributed by atoms with van der Waals surface area (Å²) in [6, 6.07) is -0.0947. The predicted molar refractivity (Wildman–Crippen MR) is 68.7 cm³/mol. The number of piperidine rings is 1. The van der Waals surface area contributed by atoms with Crippen LogP contribution in [0.2, 0.25) is 0 Å². The van der Waals surface area contributed by atoms with E-state index >= 15 is 0 Å². The van der Waals surface area contributed by atoms with Crippen molar-refractivity contribution in [3.8, 4) is 0 Å². The van der Waals surface area contributed by atoms with E-state index in [1.165, 1.54) is 0 Å². The monoisotopic (exact) mass is 242 g/mol. The molecule has 3 N–H and O–H groups in total. The van der Waals surface area contributed by atoms with Gasteiger partial charge in [-0.3, -0.25) is 4.79 Å². The summed E-state index contributed by atoms with van der Waals surface area (Å²) in [5.74, 6) is 0.632. The topological polar surface area (TPSA) is 61.4 Å². The zero-order valence-electron chi connectivity index (χ0n) is 11.3. The highest BCUT2D eigenvalue weighted by molar-refractivity contribution is 5.82. The number of carbonyl (C=O) groups excluding carboxylic acids is 1. The molecule has 4 heteroatoms. The van der Waals surface area contributed by atoms with Gasteiger partial charge in [0.25, 0.3) is 0 Å². The molecule has 0 spiro atoms. The van der Waals surface area contributed by atoms with E-state index in [9.17, 15) is 9.90 Å². The van der Waals surface area contributed by atoms with Gasteiger partial charge in [-0.2, -0.15) is 0 Å². The van der Waals surface area contributed by atoms with Crippen molar-refractivity contribution in [2.45, 2.75) is 58.0 Å². The van der Waals surface area contributed by atoms with Gasteiger partial charge in [0, 0.05) is 0 Å². The van der Waals surface area contributed by atoms with Gasteiger partial charge in [-0.05, 0) is 38.1 Å². The van der Waals surface area contributed by atoms with Crippen LogP contribution in [0, 0.1) is 5.92 Å². The van der Waals surface area contributed by atoms with Crippen LogP contribution in [-0.4, -0.2) is 35.7 Å². The fraction of sp³-hybridized carbons (Fsp3) is 0.923. The summed E-state index contributed by atoms with van der Waals surface area (Å²) >= 11 is 0. The molecule has 0 aromatic carbocycles. The zero-order chi connectivity index (χ0) is 12.9. The van der Waals surface area contributed by atoms with E-state index in [0.717, 1.165) is 32.2 Å². The van der Waals surface area contributed by atoms with Crippen LogP contribution < -0.4 is 10.6 Å². The van der Waals surface area contributed by atoms with E-state index < -0.39 is 5.54 Å². The molecule has 1 aliphatic rings. The highest BCUT2D eigenvalue weighted by atomic mass is 16.3. The second-order valence-corrected chi connectivity index (χ2v) is 5.27. The number of hydrogen-bond acceptors (Lipinski definition) is 3. The predicted octanol–water partition coefficient (Wildman–Crippen LogP) is 1.04. The van der Waals surface area contributed by atoms with Crippen molar-refractivity contribution in [2.75, 3.05) is 13.2 Å². The van der Waals surface area contributed by atoms with Crippen molar-refractivity contribution < 1.29 is 9.90 Å². The maximum Gasteiger partial charge on any atom is 0.237 e. The van der Waals surface area contributed by atoms with Crippen LogP contribution in [0.3, 0.4) is 0 Å². The van der Waals surface area contributed by atoms with Crippen molar-refractivity contribution in [1.29, 1.82) is 0 Å². The third-order valence-electron chi connectivity index (χ3n) is 4.03. The first-order valence-corrected chi connectivity index (χ1v) is 6.73. The third kappa shape index (κ3) is 3.68. The maximum atomic E-state index is 12.2. The third-order valence-corrected chi connectivity index (χ3v) is 4.03. The molecule has 0 saturated carbocycles. The number of rotatable bonds is 5. The van der Waals surface area contributed by atoms with Crippen LogP contribution in [0.25, 0.3) is 0 Å². The molecular formula is C13H26N2O2. The van der Waals surface area contributed by atoms with Crippen LogP contribution in [0.5, 0.6) is 0 Å². The van der Waals surface area contributed by atoms with Gasteiger partial charge in [0.05, 0.1) is 18.2 Å². The molecule has 100 valence electrons. The van der Waals surface area contributed by atoms with Gasteiger partial charge in [0.1, 0.15) is 0 Å². The van der Waals surface area contributed by atoms with E-state index in [-0.39, 0.29) is 18.6 Å². The van der Waals surface area contributed by atoms with Crippen molar-refractivity contribution in [3.05, 3.63) is 0 Å². The average Bonchev–Trinajstić information content (AvgIpc) is 2.36. The molecule has 0 aliphatic carbocycles. The van der Waals surface area contributed by atoms with Crippen molar-refractivity contribution in [3.63, 3.8) is 0 Å². The minimum Gasteiger partial charge on any atom is -0.394 e. The lowest BCUT2D eigenvalue weighted by Crippen LogP contribution is -2.57. The van der Waals surface area contributed by atoms with Crippen molar-refractivity contribution in [1.82, 2.24) is 10.6 Å². The second-order valence-electron chi connectivity index (χ2n) is 5.27. The standard InChI is InChI=1S/C13H26N2O2/c1-4-13(5-2,9-16)15-12(17)11-8-10(3)6-7-14-11/h10-11,14,16H,4-9H2,1-3H3,(H,15,17). The fourth-order valence-corrected chi connectivity index (χ4v) is 2.35. The Bertz CT molecular complexity index is 244. The van der Waals surface area contributed by atoms with Crippen LogP contribution in [0.15, 0.2) is 0 Å². The highest BCUT2D eigenvalue weighted by Gasteiger charge is 2.32. The molecule has 2 unspecified atom stereocenters. The SMILES string of the molecule is CCC(CC)(CO)NC(=O)C1CC(C)CCN1. The van der Waals surface area contributed by atoms with Crippen LogP contribution in [0.1, 0.15) is 46.5 Å². The minimum atomic E-state index is -0.445. The van der Waals surface area contributed by atoms with Gasteiger partial charge < -0.3 is 15.7 Å². The summed E-state index contributed by atoms with van der Waals surface area (Å²) in [6.07, 6.45) is 3.54. The quantitative estimate of drug-likeness (QED) is 0.675. The molecule has 1 fully saturated rings. The Hall–Kier alpha value is -0.610. The molecule has 0 radical (unpaired) electrons. The lowest BCUT2D eigenvalue weighted by molar-refractivity contribution is -0.126. The van der Waals surface area contributed by atoms with Crippen LogP contribution in [-0.2, 0) is 4.79 Å². The second kappa shape index (κ2) is 6.36. The molecule has 2 atom stereocenters. The summed E-state index contributed by atoms with van der Waals surface area (Å²) in [5.41, 5.74) is -0.445. The molecule has 1 heterocycles. The summed E-state index contributed by atoms with van der Waals surface area (Å²) in [7, 11) is 0. The molecule has 1 rings (SSSR count). The molecule has 1 saturated heterocycles. The van der Waals surface area contributed by atoms with Gasteiger partial charge in [-0.25, -0.2) is 0 Å². The Balaban J connectivity index is 2.57. The van der Waals surface area contributed by atoms with E-state index in [0.29, 0.717) is 5.92 Å². The Morgan fingerprint density at radius 1 is 1.47 bits per heavy atom. The summed E-state index contributed by atoms with van der Waals surface area (Å²) in [6.45, 7) is 7.09. The number of carbonyl (C=O) groups is 1. The van der Waals surface area contributed by atoms with Gasteiger partial charge in [0.15, 0.2) is 0 Å². The normalized spacial score (nSPS) is 25.6. The van der Waals surface area contributed by atoms with E-state index in [1.54, 1.807) is 0 Å². The minimum absolute atomic E-state index is 0.00795. The van der Waals surface area contributed by atoms with Crippen LogP contribution in [0.4, 0.5) is 0 Å². The molecule has 17 heavy (non-hydrogen) atoms. The number of nitrogens with one attached hydrogen (secondary N) is 2. The Kier molecular flexibility index (Phi) is 5.40. The van der Waals surface area contributed by atoms with E-state index in [1.807, 2.05) is 13.8 Å². The smallest absolute Gasteiger partial charge is 0.237 e. The zero-order valence-corrected chi connectivity index (χ0v) is 11.3. The molecule has 1 amide bonds. The molecule has 0 bridgehead atoms. The van der Waals surface area contributed by atoms with Gasteiger partial charge in [-0.15, -0.1) is 0 Å². The summed E-state index contributed by atoms with van der Waals surface area (Å²) < 4.78 is 0. The molecule has 1 aliphatic heterocycles. The largest absolute Gasteiger partial charge is 0.394 e. The first-order valence-electron chi connectivity index (χ1n) is 6.73. The van der Waals surface area contributed by atoms with Crippen molar-refractivity contribution >= 4 is 5.91 Å². The maximum absolute atomic E-state index is 12.2. The molecule has 0 aromatic heterocycles. The highest BCUT2D eigenvalue weighted by Crippen LogP contribution is 2.18. The first-order chi connectivity index (χ1) is 8.06. The van der Waals surface area contributed by atoms with Gasteiger partial charge in [0.2, 0.25) is 5.91 Å². The van der Waals surface area contributed by atoms with E-state index in [2.05, 4.69) is 17.6 Å². The lowest BCUT2D eigenvalue weighted by Gasteiger charge is -2.34. The lowest BCUT2D eigenvalue weighted by atomic mass is 9.90. The average molecular weight is 242 g/mol. The summed E-state index contributed by atoms with van der Waals surface area (Å²) in [5, 5.41) is 15.7. The Morgan fingerprint density at radius 3 is 2.59 bits per heavy atom. The number of aliphatic hydroxyl groups excluding tert-OH is 1. The van der Waals surface area contributed by atoms with Crippen LogP contribution >= 0.6 is 0 Å². The summed E-state index contributed by atoms with van der Waals surface area (Å²) in [4.78, 5) is 12.2. The van der Waals surface area contributed by atoms with E-state index in [4.69, 9.17) is 0 Å². The van der Waals surface area contributed by atoms with Crippen molar-refractivity contribution in [2.24, 2.45) is 5.92 Å². The number of aliphatic hydroxyl groups is 1. The number of hydrogen-bond donors (Lipinski definition) is 3. The Morgan fingerprint density at radius 2 is 2.12 bits per heavy atom. The molecule has 0 aromatic rings. The number of amides is 1.